The second kappa shape index (κ2) is 5.32. The van der Waals surface area contributed by atoms with E-state index in [-0.39, 0.29) is 5.75 Å². The molecule has 96 valence electrons. The van der Waals surface area contributed by atoms with Crippen molar-refractivity contribution in [2.24, 2.45) is 0 Å². The maximum absolute atomic E-state index is 9.81. The summed E-state index contributed by atoms with van der Waals surface area (Å²) in [6.07, 6.45) is 0. The summed E-state index contributed by atoms with van der Waals surface area (Å²) < 4.78 is 0. The molecule has 0 saturated heterocycles. The third kappa shape index (κ3) is 2.78. The summed E-state index contributed by atoms with van der Waals surface area (Å²) in [5.74, 6) is 0.204. The summed E-state index contributed by atoms with van der Waals surface area (Å²) in [4.78, 5) is 1.91. The molecule has 0 bridgehead atoms. The summed E-state index contributed by atoms with van der Waals surface area (Å²) in [6.45, 7) is 0.482. The number of nitrogens with two attached hydrogens (primary N) is 1. The third-order valence-electron chi connectivity index (χ3n) is 2.95. The molecule has 4 nitrogen and oxygen atoms in total. The van der Waals surface area contributed by atoms with Crippen molar-refractivity contribution in [2.45, 2.75) is 6.54 Å². The molecule has 0 fully saturated rings. The van der Waals surface area contributed by atoms with Crippen LogP contribution in [-0.4, -0.2) is 12.2 Å². The van der Waals surface area contributed by atoms with Gasteiger partial charge in [-0.15, -0.1) is 0 Å². The van der Waals surface area contributed by atoms with Gasteiger partial charge in [-0.1, -0.05) is 12.1 Å². The molecule has 0 spiro atoms. The SMILES string of the molecule is CN(Cc1cc(N)ccc1O)c1ccccc1C#N. The van der Waals surface area contributed by atoms with Crippen molar-refractivity contribution < 1.29 is 5.11 Å². The minimum Gasteiger partial charge on any atom is -0.508 e. The molecule has 0 radical (unpaired) electrons. The minimum absolute atomic E-state index is 0.204. The van der Waals surface area contributed by atoms with E-state index in [0.29, 0.717) is 17.8 Å². The van der Waals surface area contributed by atoms with E-state index in [1.807, 2.05) is 30.1 Å². The van der Waals surface area contributed by atoms with Gasteiger partial charge in [-0.3, -0.25) is 0 Å². The van der Waals surface area contributed by atoms with E-state index in [1.165, 1.54) is 0 Å². The van der Waals surface area contributed by atoms with Crippen molar-refractivity contribution >= 4 is 11.4 Å². The smallest absolute Gasteiger partial charge is 0.120 e. The second-order valence-corrected chi connectivity index (χ2v) is 4.37. The van der Waals surface area contributed by atoms with Crippen LogP contribution < -0.4 is 10.6 Å². The van der Waals surface area contributed by atoms with Crippen LogP contribution in [0.1, 0.15) is 11.1 Å². The lowest BCUT2D eigenvalue weighted by atomic mass is 10.1. The molecule has 19 heavy (non-hydrogen) atoms. The van der Waals surface area contributed by atoms with Gasteiger partial charge in [-0.2, -0.15) is 5.26 Å². The number of nitrogen functional groups attached to an aromatic ring is 1. The zero-order valence-electron chi connectivity index (χ0n) is 10.7. The normalized spacial score (nSPS) is 9.89. The molecule has 0 aliphatic rings. The number of benzene rings is 2. The maximum atomic E-state index is 9.81. The average Bonchev–Trinajstić information content (AvgIpc) is 2.42. The number of nitriles is 1. The first-order valence-corrected chi connectivity index (χ1v) is 5.89. The average molecular weight is 253 g/mol. The summed E-state index contributed by atoms with van der Waals surface area (Å²) in [7, 11) is 1.87. The van der Waals surface area contributed by atoms with Crippen LogP contribution >= 0.6 is 0 Å². The largest absolute Gasteiger partial charge is 0.508 e. The summed E-state index contributed by atoms with van der Waals surface area (Å²) in [6, 6.07) is 14.5. The van der Waals surface area contributed by atoms with Gasteiger partial charge in [0.1, 0.15) is 11.8 Å². The molecule has 0 unspecified atom stereocenters. The molecule has 0 saturated carbocycles. The molecule has 2 aromatic rings. The number of rotatable bonds is 3. The van der Waals surface area contributed by atoms with E-state index in [4.69, 9.17) is 11.0 Å². The minimum atomic E-state index is 0.204. The molecule has 0 amide bonds. The molecule has 0 atom stereocenters. The number of phenolic OH excluding ortho intramolecular Hbond substituents is 1. The van der Waals surface area contributed by atoms with E-state index in [2.05, 4.69) is 6.07 Å². The van der Waals surface area contributed by atoms with Gasteiger partial charge in [-0.05, 0) is 30.3 Å². The summed E-state index contributed by atoms with van der Waals surface area (Å²) >= 11 is 0. The van der Waals surface area contributed by atoms with Gasteiger partial charge >= 0.3 is 0 Å². The number of para-hydroxylation sites is 1. The van der Waals surface area contributed by atoms with Crippen molar-refractivity contribution in [3.63, 3.8) is 0 Å². The topological polar surface area (TPSA) is 73.3 Å². The second-order valence-electron chi connectivity index (χ2n) is 4.37. The molecule has 0 aliphatic heterocycles. The third-order valence-corrected chi connectivity index (χ3v) is 2.95. The van der Waals surface area contributed by atoms with Crippen LogP contribution in [0.5, 0.6) is 5.75 Å². The van der Waals surface area contributed by atoms with Gasteiger partial charge in [0.05, 0.1) is 11.3 Å². The Labute approximate surface area is 112 Å². The van der Waals surface area contributed by atoms with Crippen LogP contribution in [0.25, 0.3) is 0 Å². The van der Waals surface area contributed by atoms with Crippen molar-refractivity contribution in [3.05, 3.63) is 53.6 Å². The van der Waals surface area contributed by atoms with E-state index in [1.54, 1.807) is 24.3 Å². The van der Waals surface area contributed by atoms with Crippen LogP contribution in [0.15, 0.2) is 42.5 Å². The quantitative estimate of drug-likeness (QED) is 0.651. The molecule has 2 aromatic carbocycles. The predicted octanol–water partition coefficient (Wildman–Crippen LogP) is 2.48. The van der Waals surface area contributed by atoms with Crippen molar-refractivity contribution in [1.29, 1.82) is 5.26 Å². The highest BCUT2D eigenvalue weighted by molar-refractivity contribution is 5.59. The number of aromatic hydroxyl groups is 1. The standard InChI is InChI=1S/C15H15N3O/c1-18(14-5-3-2-4-11(14)9-16)10-12-8-13(17)6-7-15(12)19/h2-8,19H,10,17H2,1H3. The summed E-state index contributed by atoms with van der Waals surface area (Å²) in [5, 5.41) is 18.9. The van der Waals surface area contributed by atoms with Gasteiger partial charge in [0.25, 0.3) is 0 Å². The van der Waals surface area contributed by atoms with Crippen molar-refractivity contribution in [1.82, 2.24) is 0 Å². The zero-order chi connectivity index (χ0) is 13.8. The fraction of sp³-hybridized carbons (Fsp3) is 0.133. The number of hydrogen-bond donors (Lipinski definition) is 2. The Morgan fingerprint density at radius 1 is 1.26 bits per heavy atom. The molecular weight excluding hydrogens is 238 g/mol. The van der Waals surface area contributed by atoms with Gasteiger partial charge in [0.2, 0.25) is 0 Å². The van der Waals surface area contributed by atoms with Crippen LogP contribution in [0.3, 0.4) is 0 Å². The number of hydrogen-bond acceptors (Lipinski definition) is 4. The molecule has 3 N–H and O–H groups in total. The van der Waals surface area contributed by atoms with Gasteiger partial charge in [0.15, 0.2) is 0 Å². The lowest BCUT2D eigenvalue weighted by Gasteiger charge is -2.21. The van der Waals surface area contributed by atoms with Gasteiger partial charge < -0.3 is 15.7 Å². The fourth-order valence-electron chi connectivity index (χ4n) is 1.97. The van der Waals surface area contributed by atoms with E-state index >= 15 is 0 Å². The fourth-order valence-corrected chi connectivity index (χ4v) is 1.97. The highest BCUT2D eigenvalue weighted by atomic mass is 16.3. The Morgan fingerprint density at radius 3 is 2.74 bits per heavy atom. The van der Waals surface area contributed by atoms with E-state index in [0.717, 1.165) is 11.3 Å². The van der Waals surface area contributed by atoms with Crippen LogP contribution in [0, 0.1) is 11.3 Å². The zero-order valence-corrected chi connectivity index (χ0v) is 10.7. The molecule has 0 aliphatic carbocycles. The Hall–Kier alpha value is -2.67. The lowest BCUT2D eigenvalue weighted by Crippen LogP contribution is -2.17. The molecular formula is C15H15N3O. The van der Waals surface area contributed by atoms with Gasteiger partial charge in [0, 0.05) is 24.8 Å². The molecule has 0 aromatic heterocycles. The highest BCUT2D eigenvalue weighted by Crippen LogP contribution is 2.25. The predicted molar refractivity (Wildman–Crippen MR) is 75.8 cm³/mol. The first-order valence-electron chi connectivity index (χ1n) is 5.89. The van der Waals surface area contributed by atoms with E-state index < -0.39 is 0 Å². The monoisotopic (exact) mass is 253 g/mol. The van der Waals surface area contributed by atoms with Crippen LogP contribution in [-0.2, 0) is 6.54 Å². The Bertz CT molecular complexity index is 632. The highest BCUT2D eigenvalue weighted by Gasteiger charge is 2.09. The maximum Gasteiger partial charge on any atom is 0.120 e. The van der Waals surface area contributed by atoms with Crippen molar-refractivity contribution in [3.8, 4) is 11.8 Å². The molecule has 4 heteroatoms. The lowest BCUT2D eigenvalue weighted by molar-refractivity contribution is 0.468. The first kappa shape index (κ1) is 12.8. The number of anilines is 2. The first-order chi connectivity index (χ1) is 9.11. The molecule has 2 rings (SSSR count). The number of phenols is 1. The van der Waals surface area contributed by atoms with Gasteiger partial charge in [-0.25, -0.2) is 0 Å². The van der Waals surface area contributed by atoms with E-state index in [9.17, 15) is 5.11 Å². The number of nitrogens with zero attached hydrogens (tertiary/aromatic N) is 2. The van der Waals surface area contributed by atoms with Crippen LogP contribution in [0.2, 0.25) is 0 Å². The molecule has 0 heterocycles. The Balaban J connectivity index is 2.28. The Kier molecular flexibility index (Phi) is 3.58. The summed E-state index contributed by atoms with van der Waals surface area (Å²) in [5.41, 5.74) is 8.48. The Morgan fingerprint density at radius 2 is 2.00 bits per heavy atom. The van der Waals surface area contributed by atoms with Crippen LogP contribution in [0.4, 0.5) is 11.4 Å². The van der Waals surface area contributed by atoms with Crippen molar-refractivity contribution in [2.75, 3.05) is 17.7 Å².